The van der Waals surface area contributed by atoms with E-state index >= 15 is 0 Å². The number of nitriles is 1. The van der Waals surface area contributed by atoms with E-state index in [0.29, 0.717) is 6.54 Å². The lowest BCUT2D eigenvalue weighted by molar-refractivity contribution is 0.0386. The maximum absolute atomic E-state index is 12.1. The molecule has 110 valence electrons. The first-order chi connectivity index (χ1) is 9.18. The van der Waals surface area contributed by atoms with E-state index < -0.39 is 15.6 Å². The maximum Gasteiger partial charge on any atom is 0.243 e. The van der Waals surface area contributed by atoms with Gasteiger partial charge in [0.05, 0.1) is 5.60 Å². The molecule has 8 heteroatoms. The average molecular weight is 298 g/mol. The van der Waals surface area contributed by atoms with Crippen molar-refractivity contribution in [3.05, 3.63) is 24.0 Å². The number of rotatable bonds is 6. The lowest BCUT2D eigenvalue weighted by atomic mass is 10.1. The van der Waals surface area contributed by atoms with E-state index in [1.807, 2.05) is 0 Å². The van der Waals surface area contributed by atoms with Crippen molar-refractivity contribution >= 4 is 10.0 Å². The highest BCUT2D eigenvalue weighted by atomic mass is 32.2. The van der Waals surface area contributed by atoms with Gasteiger partial charge in [0.15, 0.2) is 5.69 Å². The molecule has 1 aromatic heterocycles. The molecule has 0 aliphatic carbocycles. The summed E-state index contributed by atoms with van der Waals surface area (Å²) in [4.78, 5) is 5.26. The summed E-state index contributed by atoms with van der Waals surface area (Å²) in [5.41, 5.74) is -1.39. The third kappa shape index (κ3) is 4.54. The van der Waals surface area contributed by atoms with Gasteiger partial charge >= 0.3 is 0 Å². The maximum atomic E-state index is 12.1. The van der Waals surface area contributed by atoms with E-state index in [1.54, 1.807) is 25.1 Å². The lowest BCUT2D eigenvalue weighted by Crippen LogP contribution is -2.47. The molecule has 0 fully saturated rings. The van der Waals surface area contributed by atoms with Crippen molar-refractivity contribution < 1.29 is 13.5 Å². The molecule has 0 aromatic carbocycles. The second-order valence-electron chi connectivity index (χ2n) is 5.02. The Balaban J connectivity index is 2.89. The first-order valence-electron chi connectivity index (χ1n) is 5.90. The molecular formula is C12H18N4O3S. The summed E-state index contributed by atoms with van der Waals surface area (Å²) in [7, 11) is -0.334. The summed E-state index contributed by atoms with van der Waals surface area (Å²) in [6.07, 6.45) is 1.35. The molecule has 0 aliphatic heterocycles. The highest BCUT2D eigenvalue weighted by molar-refractivity contribution is 7.89. The molecule has 2 N–H and O–H groups in total. The number of sulfonamides is 1. The standard InChI is InChI=1S/C12H18N4O3S/c1-12(17,9-16(2)3)8-15-20(18,19)11-5-4-6-14-10(11)7-13/h4-6,15,17H,8-9H2,1-3H3. The van der Waals surface area contributed by atoms with Crippen molar-refractivity contribution in [2.45, 2.75) is 17.4 Å². The predicted molar refractivity (Wildman–Crippen MR) is 73.3 cm³/mol. The molecule has 0 spiro atoms. The number of hydrogen-bond donors (Lipinski definition) is 2. The third-order valence-corrected chi connectivity index (χ3v) is 3.90. The largest absolute Gasteiger partial charge is 0.387 e. The van der Waals surface area contributed by atoms with Gasteiger partial charge < -0.3 is 10.0 Å². The zero-order valence-corrected chi connectivity index (χ0v) is 12.5. The van der Waals surface area contributed by atoms with E-state index in [2.05, 4.69) is 9.71 Å². The third-order valence-electron chi connectivity index (χ3n) is 2.47. The van der Waals surface area contributed by atoms with E-state index in [0.717, 1.165) is 0 Å². The summed E-state index contributed by atoms with van der Waals surface area (Å²) in [6, 6.07) is 4.47. The van der Waals surface area contributed by atoms with Gasteiger partial charge in [0.1, 0.15) is 11.0 Å². The second kappa shape index (κ2) is 6.28. The fraction of sp³-hybridized carbons (Fsp3) is 0.500. The molecule has 0 amide bonds. The summed E-state index contributed by atoms with van der Waals surface area (Å²) >= 11 is 0. The van der Waals surface area contributed by atoms with Crippen molar-refractivity contribution in [2.75, 3.05) is 27.2 Å². The Hall–Kier alpha value is -1.53. The molecule has 1 heterocycles. The van der Waals surface area contributed by atoms with Crippen LogP contribution in [0.1, 0.15) is 12.6 Å². The molecule has 1 unspecified atom stereocenters. The van der Waals surface area contributed by atoms with Crippen LogP contribution in [0.4, 0.5) is 0 Å². The van der Waals surface area contributed by atoms with Crippen LogP contribution in [-0.2, 0) is 10.0 Å². The van der Waals surface area contributed by atoms with E-state index in [4.69, 9.17) is 5.26 Å². The number of pyridine rings is 1. The quantitative estimate of drug-likeness (QED) is 0.736. The highest BCUT2D eigenvalue weighted by Gasteiger charge is 2.26. The normalized spacial score (nSPS) is 14.8. The summed E-state index contributed by atoms with van der Waals surface area (Å²) in [5.74, 6) is 0. The Bertz CT molecular complexity index is 605. The topological polar surface area (TPSA) is 106 Å². The number of hydrogen-bond acceptors (Lipinski definition) is 6. The first-order valence-corrected chi connectivity index (χ1v) is 7.38. The van der Waals surface area contributed by atoms with Crippen molar-refractivity contribution in [2.24, 2.45) is 0 Å². The molecule has 0 saturated carbocycles. The molecule has 7 nitrogen and oxygen atoms in total. The Morgan fingerprint density at radius 2 is 2.20 bits per heavy atom. The van der Waals surface area contributed by atoms with Crippen LogP contribution in [0.25, 0.3) is 0 Å². The number of aliphatic hydroxyl groups is 1. The van der Waals surface area contributed by atoms with Gasteiger partial charge in [0.25, 0.3) is 0 Å². The van der Waals surface area contributed by atoms with Crippen molar-refractivity contribution in [1.29, 1.82) is 5.26 Å². The van der Waals surface area contributed by atoms with Gasteiger partial charge in [-0.2, -0.15) is 5.26 Å². The molecule has 0 saturated heterocycles. The van der Waals surface area contributed by atoms with Crippen LogP contribution in [0.2, 0.25) is 0 Å². The van der Waals surface area contributed by atoms with Gasteiger partial charge in [-0.05, 0) is 33.2 Å². The number of nitrogens with zero attached hydrogens (tertiary/aromatic N) is 3. The monoisotopic (exact) mass is 298 g/mol. The van der Waals surface area contributed by atoms with Gasteiger partial charge in [0.2, 0.25) is 10.0 Å². The molecule has 0 radical (unpaired) electrons. The van der Waals surface area contributed by atoms with Crippen LogP contribution in [0.5, 0.6) is 0 Å². The molecule has 0 aliphatic rings. The van der Waals surface area contributed by atoms with Crippen LogP contribution in [0.3, 0.4) is 0 Å². The molecular weight excluding hydrogens is 280 g/mol. The van der Waals surface area contributed by atoms with Crippen LogP contribution in [0, 0.1) is 11.3 Å². The zero-order chi connectivity index (χ0) is 15.4. The number of likely N-dealkylation sites (N-methyl/N-ethyl adjacent to an activating group) is 1. The molecule has 1 rings (SSSR count). The fourth-order valence-corrected chi connectivity index (χ4v) is 3.02. The van der Waals surface area contributed by atoms with Crippen molar-refractivity contribution in [1.82, 2.24) is 14.6 Å². The Kier molecular flexibility index (Phi) is 5.19. The Morgan fingerprint density at radius 1 is 1.55 bits per heavy atom. The smallest absolute Gasteiger partial charge is 0.243 e. The van der Waals surface area contributed by atoms with Gasteiger partial charge in [-0.3, -0.25) is 0 Å². The van der Waals surface area contributed by atoms with Crippen LogP contribution in [0.15, 0.2) is 23.2 Å². The van der Waals surface area contributed by atoms with Gasteiger partial charge in [0, 0.05) is 19.3 Å². The Labute approximate surface area is 118 Å². The van der Waals surface area contributed by atoms with E-state index in [1.165, 1.54) is 25.3 Å². The molecule has 1 atom stereocenters. The summed E-state index contributed by atoms with van der Waals surface area (Å²) in [5, 5.41) is 18.9. The van der Waals surface area contributed by atoms with Gasteiger partial charge in [-0.25, -0.2) is 18.1 Å². The SMILES string of the molecule is CN(C)CC(C)(O)CNS(=O)(=O)c1cccnc1C#N. The van der Waals surface area contributed by atoms with Crippen molar-refractivity contribution in [3.8, 4) is 6.07 Å². The molecule has 1 aromatic rings. The number of nitrogens with one attached hydrogen (secondary N) is 1. The first kappa shape index (κ1) is 16.5. The number of aromatic nitrogens is 1. The summed E-state index contributed by atoms with van der Waals surface area (Å²) < 4.78 is 26.5. The van der Waals surface area contributed by atoms with Crippen LogP contribution >= 0.6 is 0 Å². The zero-order valence-electron chi connectivity index (χ0n) is 11.7. The summed E-state index contributed by atoms with van der Waals surface area (Å²) in [6.45, 7) is 1.67. The average Bonchev–Trinajstić information content (AvgIpc) is 2.35. The highest BCUT2D eigenvalue weighted by Crippen LogP contribution is 2.13. The fourth-order valence-electron chi connectivity index (χ4n) is 1.76. The van der Waals surface area contributed by atoms with Gasteiger partial charge in [-0.15, -0.1) is 0 Å². The van der Waals surface area contributed by atoms with Crippen LogP contribution < -0.4 is 4.72 Å². The predicted octanol–water partition coefficient (Wildman–Crippen LogP) is -0.456. The van der Waals surface area contributed by atoms with Crippen molar-refractivity contribution in [3.63, 3.8) is 0 Å². The minimum absolute atomic E-state index is 0.159. The minimum Gasteiger partial charge on any atom is -0.387 e. The molecule has 20 heavy (non-hydrogen) atoms. The molecule has 0 bridgehead atoms. The van der Waals surface area contributed by atoms with E-state index in [9.17, 15) is 13.5 Å². The van der Waals surface area contributed by atoms with E-state index in [-0.39, 0.29) is 17.1 Å². The van der Waals surface area contributed by atoms with Gasteiger partial charge in [-0.1, -0.05) is 0 Å². The Morgan fingerprint density at radius 3 is 2.75 bits per heavy atom. The minimum atomic E-state index is -3.89. The second-order valence-corrected chi connectivity index (χ2v) is 6.76. The lowest BCUT2D eigenvalue weighted by Gasteiger charge is -2.27. The van der Waals surface area contributed by atoms with Crippen LogP contribution in [-0.4, -0.2) is 56.2 Å².